The zero-order chi connectivity index (χ0) is 16.2. The lowest BCUT2D eigenvalue weighted by molar-refractivity contribution is 0.0521. The highest BCUT2D eigenvalue weighted by molar-refractivity contribution is 7.89. The number of esters is 1. The van der Waals surface area contributed by atoms with Crippen LogP contribution in [0.25, 0.3) is 0 Å². The average Bonchev–Trinajstić information content (AvgIpc) is 2.98. The van der Waals surface area contributed by atoms with Crippen molar-refractivity contribution in [3.05, 3.63) is 11.8 Å². The van der Waals surface area contributed by atoms with Gasteiger partial charge >= 0.3 is 5.97 Å². The monoisotopic (exact) mass is 366 g/mol. The molecule has 0 radical (unpaired) electrons. The van der Waals surface area contributed by atoms with Crippen LogP contribution >= 0.6 is 12.4 Å². The Bertz CT molecular complexity index is 617. The van der Waals surface area contributed by atoms with Crippen LogP contribution in [0.5, 0.6) is 0 Å². The molecule has 8 nitrogen and oxygen atoms in total. The molecule has 0 bridgehead atoms. The van der Waals surface area contributed by atoms with Gasteiger partial charge in [0.1, 0.15) is 5.56 Å². The van der Waals surface area contributed by atoms with E-state index in [1.807, 2.05) is 7.05 Å². The van der Waals surface area contributed by atoms with Gasteiger partial charge in [-0.25, -0.2) is 13.2 Å². The molecule has 1 aromatic rings. The summed E-state index contributed by atoms with van der Waals surface area (Å²) in [4.78, 5) is 11.8. The van der Waals surface area contributed by atoms with Gasteiger partial charge in [-0.2, -0.15) is 9.40 Å². The molecule has 1 unspecified atom stereocenters. The number of piperidine rings is 1. The second kappa shape index (κ2) is 8.62. The van der Waals surface area contributed by atoms with Gasteiger partial charge in [-0.15, -0.1) is 12.4 Å². The number of ether oxygens (including phenoxy) is 1. The molecule has 0 aromatic carbocycles. The minimum absolute atomic E-state index is 0. The number of hydrogen-bond acceptors (Lipinski definition) is 6. The van der Waals surface area contributed by atoms with Gasteiger partial charge in [-0.1, -0.05) is 0 Å². The largest absolute Gasteiger partial charge is 0.462 e. The molecular formula is C13H23ClN4O4S. The first-order valence-electron chi connectivity index (χ1n) is 7.36. The third-order valence-corrected chi connectivity index (χ3v) is 5.51. The molecule has 10 heteroatoms. The van der Waals surface area contributed by atoms with E-state index in [4.69, 9.17) is 4.74 Å². The Labute approximate surface area is 142 Å². The summed E-state index contributed by atoms with van der Waals surface area (Å²) in [5, 5.41) is 9.02. The number of carbonyl (C=O) groups excluding carboxylic acids is 1. The lowest BCUT2D eigenvalue weighted by atomic mass is 10.00. The van der Waals surface area contributed by atoms with Crippen molar-refractivity contribution in [2.24, 2.45) is 5.92 Å². The minimum Gasteiger partial charge on any atom is -0.462 e. The van der Waals surface area contributed by atoms with Gasteiger partial charge in [0.05, 0.1) is 12.8 Å². The average molecular weight is 367 g/mol. The number of nitrogens with one attached hydrogen (secondary N) is 2. The number of aromatic nitrogens is 2. The van der Waals surface area contributed by atoms with Crippen molar-refractivity contribution in [2.45, 2.75) is 24.8 Å². The standard InChI is InChI=1S/C13H22N4O4S.ClH/c1-3-21-13(18)11-8-15-16-12(11)22(19,20)17-6-4-5-10(9-17)7-14-2;/h8,10,14H,3-7,9H2,1-2H3,(H,15,16);1H. The van der Waals surface area contributed by atoms with Crippen molar-refractivity contribution >= 4 is 28.4 Å². The zero-order valence-electron chi connectivity index (χ0n) is 13.2. The molecule has 23 heavy (non-hydrogen) atoms. The second-order valence-electron chi connectivity index (χ2n) is 5.26. The fourth-order valence-corrected chi connectivity index (χ4v) is 4.27. The van der Waals surface area contributed by atoms with Gasteiger partial charge in [-0.05, 0) is 39.3 Å². The number of sulfonamides is 1. The lowest BCUT2D eigenvalue weighted by Crippen LogP contribution is -2.42. The summed E-state index contributed by atoms with van der Waals surface area (Å²) in [7, 11) is -1.93. The molecule has 0 amide bonds. The Morgan fingerprint density at radius 3 is 2.96 bits per heavy atom. The molecule has 2 heterocycles. The highest BCUT2D eigenvalue weighted by Gasteiger charge is 2.34. The number of rotatable bonds is 6. The van der Waals surface area contributed by atoms with Crippen LogP contribution in [0, 0.1) is 5.92 Å². The molecule has 0 saturated carbocycles. The van der Waals surface area contributed by atoms with Crippen molar-refractivity contribution in [1.29, 1.82) is 0 Å². The van der Waals surface area contributed by atoms with E-state index in [0.29, 0.717) is 13.1 Å². The Morgan fingerprint density at radius 1 is 1.57 bits per heavy atom. The van der Waals surface area contributed by atoms with Crippen molar-refractivity contribution < 1.29 is 17.9 Å². The van der Waals surface area contributed by atoms with Crippen LogP contribution in [0.3, 0.4) is 0 Å². The van der Waals surface area contributed by atoms with Crippen molar-refractivity contribution in [3.63, 3.8) is 0 Å². The summed E-state index contributed by atoms with van der Waals surface area (Å²) in [6.07, 6.45) is 2.98. The van der Waals surface area contributed by atoms with Crippen molar-refractivity contribution in [3.8, 4) is 0 Å². The first-order valence-corrected chi connectivity index (χ1v) is 8.80. The molecule has 1 saturated heterocycles. The SMILES string of the molecule is CCOC(=O)c1cn[nH]c1S(=O)(=O)N1CCCC(CNC)C1.Cl. The molecule has 2 rings (SSSR count). The van der Waals surface area contributed by atoms with E-state index in [2.05, 4.69) is 15.5 Å². The number of aromatic amines is 1. The predicted molar refractivity (Wildman–Crippen MR) is 87.2 cm³/mol. The predicted octanol–water partition coefficient (Wildman–Crippen LogP) is 0.628. The maximum absolute atomic E-state index is 12.8. The highest BCUT2D eigenvalue weighted by Crippen LogP contribution is 2.24. The van der Waals surface area contributed by atoms with Gasteiger partial charge in [0.15, 0.2) is 5.03 Å². The molecule has 1 fully saturated rings. The van der Waals surface area contributed by atoms with Crippen molar-refractivity contribution in [2.75, 3.05) is 33.3 Å². The van der Waals surface area contributed by atoms with Crippen LogP contribution in [0.4, 0.5) is 0 Å². The first-order chi connectivity index (χ1) is 10.5. The van der Waals surface area contributed by atoms with Gasteiger partial charge < -0.3 is 10.1 Å². The Hall–Kier alpha value is -1.16. The van der Waals surface area contributed by atoms with E-state index in [1.54, 1.807) is 6.92 Å². The first kappa shape index (κ1) is 19.9. The summed E-state index contributed by atoms with van der Waals surface area (Å²) < 4.78 is 31.8. The molecule has 0 spiro atoms. The highest BCUT2D eigenvalue weighted by atomic mass is 35.5. The quantitative estimate of drug-likeness (QED) is 0.715. The summed E-state index contributed by atoms with van der Waals surface area (Å²) in [5.74, 6) is -0.416. The molecule has 1 atom stereocenters. The van der Waals surface area contributed by atoms with E-state index in [9.17, 15) is 13.2 Å². The van der Waals surface area contributed by atoms with Crippen LogP contribution in [-0.4, -0.2) is 62.2 Å². The van der Waals surface area contributed by atoms with Crippen LogP contribution in [0.2, 0.25) is 0 Å². The second-order valence-corrected chi connectivity index (χ2v) is 7.14. The maximum atomic E-state index is 12.8. The third kappa shape index (κ3) is 4.43. The van der Waals surface area contributed by atoms with Crippen LogP contribution < -0.4 is 5.32 Å². The molecule has 132 valence electrons. The Morgan fingerprint density at radius 2 is 2.30 bits per heavy atom. The Balaban J connectivity index is 0.00000264. The van der Waals surface area contributed by atoms with E-state index in [0.717, 1.165) is 19.4 Å². The topological polar surface area (TPSA) is 104 Å². The molecule has 1 aliphatic rings. The summed E-state index contributed by atoms with van der Waals surface area (Å²) in [6, 6.07) is 0. The van der Waals surface area contributed by atoms with Crippen LogP contribution in [0.1, 0.15) is 30.1 Å². The minimum atomic E-state index is -3.78. The number of halogens is 1. The zero-order valence-corrected chi connectivity index (χ0v) is 14.9. The number of hydrogen-bond donors (Lipinski definition) is 2. The number of carbonyl (C=O) groups is 1. The van der Waals surface area contributed by atoms with E-state index >= 15 is 0 Å². The molecular weight excluding hydrogens is 344 g/mol. The van der Waals surface area contributed by atoms with E-state index in [-0.39, 0.29) is 35.5 Å². The normalized spacial score (nSPS) is 19.1. The molecule has 2 N–H and O–H groups in total. The fourth-order valence-electron chi connectivity index (χ4n) is 2.65. The Kier molecular flexibility index (Phi) is 7.46. The fraction of sp³-hybridized carbons (Fsp3) is 0.692. The molecule has 1 aliphatic heterocycles. The summed E-state index contributed by atoms with van der Waals surface area (Å²) >= 11 is 0. The maximum Gasteiger partial charge on any atom is 0.342 e. The lowest BCUT2D eigenvalue weighted by Gasteiger charge is -2.31. The smallest absolute Gasteiger partial charge is 0.342 e. The third-order valence-electron chi connectivity index (χ3n) is 3.67. The van der Waals surface area contributed by atoms with Gasteiger partial charge in [-0.3, -0.25) is 5.10 Å². The number of H-pyrrole nitrogens is 1. The summed E-state index contributed by atoms with van der Waals surface area (Å²) in [5.41, 5.74) is -0.0439. The van der Waals surface area contributed by atoms with Gasteiger partial charge in [0.25, 0.3) is 10.0 Å². The van der Waals surface area contributed by atoms with Crippen LogP contribution in [-0.2, 0) is 14.8 Å². The summed E-state index contributed by atoms with van der Waals surface area (Å²) in [6.45, 7) is 3.49. The molecule has 1 aromatic heterocycles. The number of nitrogens with zero attached hydrogens (tertiary/aromatic N) is 2. The van der Waals surface area contributed by atoms with Crippen LogP contribution in [0.15, 0.2) is 11.2 Å². The van der Waals surface area contributed by atoms with E-state index < -0.39 is 16.0 Å². The molecule has 0 aliphatic carbocycles. The van der Waals surface area contributed by atoms with Crippen molar-refractivity contribution in [1.82, 2.24) is 19.8 Å². The van der Waals surface area contributed by atoms with Gasteiger partial charge in [0, 0.05) is 13.1 Å². The van der Waals surface area contributed by atoms with E-state index in [1.165, 1.54) is 10.5 Å². The van der Waals surface area contributed by atoms with Gasteiger partial charge in [0.2, 0.25) is 0 Å².